The molecule has 10 nitrogen and oxygen atoms in total. The molecule has 6 N–H and O–H groups in total. The van der Waals surface area contributed by atoms with E-state index in [1.54, 1.807) is 41.5 Å². The van der Waals surface area contributed by atoms with Crippen LogP contribution in [0.1, 0.15) is 61.3 Å². The molecule has 0 aromatic rings. The Balaban J connectivity index is 1.84. The van der Waals surface area contributed by atoms with Crippen molar-refractivity contribution in [2.45, 2.75) is 109 Å². The maximum Gasteiger partial charge on any atom is 0.337 e. The van der Waals surface area contributed by atoms with E-state index in [0.717, 1.165) is 0 Å². The van der Waals surface area contributed by atoms with Gasteiger partial charge in [0.05, 0.1) is 29.8 Å². The van der Waals surface area contributed by atoms with Crippen molar-refractivity contribution in [2.75, 3.05) is 13.2 Å². The lowest BCUT2D eigenvalue weighted by Crippen LogP contribution is -2.78. The van der Waals surface area contributed by atoms with Gasteiger partial charge in [0, 0.05) is 30.2 Å². The molecule has 210 valence electrons. The first kappa shape index (κ1) is 28.6. The Bertz CT molecular complexity index is 996. The summed E-state index contributed by atoms with van der Waals surface area (Å²) in [6, 6.07) is -0.570. The Morgan fingerprint density at radius 3 is 2.41 bits per heavy atom. The van der Waals surface area contributed by atoms with Crippen LogP contribution in [0.25, 0.3) is 0 Å². The van der Waals surface area contributed by atoms with Gasteiger partial charge in [-0.3, -0.25) is 4.79 Å². The Morgan fingerprint density at radius 2 is 1.86 bits per heavy atom. The third-order valence-electron chi connectivity index (χ3n) is 10.4. The van der Waals surface area contributed by atoms with Gasteiger partial charge < -0.3 is 40.3 Å². The van der Waals surface area contributed by atoms with E-state index in [1.165, 1.54) is 0 Å². The lowest BCUT2D eigenvalue weighted by atomic mass is 9.43. The van der Waals surface area contributed by atoms with Gasteiger partial charge in [0.2, 0.25) is 0 Å². The van der Waals surface area contributed by atoms with Gasteiger partial charge in [0.1, 0.15) is 17.8 Å². The van der Waals surface area contributed by atoms with Crippen molar-refractivity contribution in [1.82, 2.24) is 5.32 Å². The minimum Gasteiger partial charge on any atom is -0.456 e. The minimum atomic E-state index is -1.70. The maximum absolute atomic E-state index is 14.0. The molecule has 10 heteroatoms. The number of nitrogens with one attached hydrogen (secondary N) is 1. The highest BCUT2D eigenvalue weighted by atomic mass is 16.6. The van der Waals surface area contributed by atoms with Crippen LogP contribution in [-0.4, -0.2) is 98.2 Å². The van der Waals surface area contributed by atoms with Crippen molar-refractivity contribution >= 4 is 11.8 Å². The summed E-state index contributed by atoms with van der Waals surface area (Å²) in [5.74, 6) is -3.24. The summed E-state index contributed by atoms with van der Waals surface area (Å²) in [5.41, 5.74) is -5.18. The number of hydrogen-bond donors (Lipinski definition) is 6. The molecule has 1 saturated heterocycles. The van der Waals surface area contributed by atoms with Crippen molar-refractivity contribution in [3.63, 3.8) is 0 Å². The number of carbonyl (C=O) groups is 2. The number of fused-ring (bicyclic) bond motifs is 5. The molecule has 3 fully saturated rings. The predicted octanol–water partition coefficient (Wildman–Crippen LogP) is -0.169. The molecule has 0 spiro atoms. The van der Waals surface area contributed by atoms with Gasteiger partial charge in [-0.25, -0.2) is 4.79 Å². The Morgan fingerprint density at radius 1 is 1.24 bits per heavy atom. The average molecular weight is 526 g/mol. The molecule has 1 aliphatic heterocycles. The number of ketones is 1. The number of aliphatic hydroxyl groups is 5. The van der Waals surface area contributed by atoms with Gasteiger partial charge in [-0.15, -0.1) is 0 Å². The number of hydrogen-bond acceptors (Lipinski definition) is 10. The van der Waals surface area contributed by atoms with Crippen LogP contribution in [0.5, 0.6) is 0 Å². The third kappa shape index (κ3) is 3.71. The first-order valence-corrected chi connectivity index (χ1v) is 13.3. The zero-order valence-electron chi connectivity index (χ0n) is 22.8. The quantitative estimate of drug-likeness (QED) is 0.210. The molecule has 0 amide bonds. The number of likely N-dealkylation sites (N-methyl/N-ethyl adjacent to an activating group) is 1. The first-order valence-electron chi connectivity index (χ1n) is 13.3. The second-order valence-corrected chi connectivity index (χ2v) is 12.4. The molecule has 0 aromatic heterocycles. The summed E-state index contributed by atoms with van der Waals surface area (Å²) in [6.45, 7) is 12.4. The van der Waals surface area contributed by atoms with Crippen molar-refractivity contribution < 1.29 is 44.6 Å². The number of esters is 1. The van der Waals surface area contributed by atoms with E-state index >= 15 is 0 Å². The molecule has 0 unspecified atom stereocenters. The van der Waals surface area contributed by atoms with Gasteiger partial charge in [0.15, 0.2) is 11.9 Å². The van der Waals surface area contributed by atoms with Gasteiger partial charge in [0.25, 0.3) is 0 Å². The Kier molecular flexibility index (Phi) is 7.02. The van der Waals surface area contributed by atoms with Gasteiger partial charge in [-0.2, -0.15) is 0 Å². The van der Waals surface area contributed by atoms with Crippen molar-refractivity contribution in [2.24, 2.45) is 22.7 Å². The summed E-state index contributed by atoms with van der Waals surface area (Å²) in [4.78, 5) is 26.9. The van der Waals surface area contributed by atoms with Crippen LogP contribution in [0.3, 0.4) is 0 Å². The van der Waals surface area contributed by atoms with E-state index in [9.17, 15) is 35.1 Å². The van der Waals surface area contributed by atoms with Crippen LogP contribution in [-0.2, 0) is 19.1 Å². The molecule has 4 rings (SSSR count). The zero-order valence-corrected chi connectivity index (χ0v) is 22.8. The van der Waals surface area contributed by atoms with Crippen molar-refractivity contribution in [3.8, 4) is 0 Å². The Labute approximate surface area is 218 Å². The average Bonchev–Trinajstić information content (AvgIpc) is 2.82. The standard InChI is InChI=1S/C27H43NO9/c1-8-28-14(4)19(30)23(33)37-15-10-27(35)13(3)21-25(7,16(29)9-17-26(21,34)11-36-17)22(32)20(31)18(12(15)2)24(27,5)6/h13-17,19-21,28-31,34-35H,8-11H2,1-7H3/t13-,14-,15-,16-,17+,19+,20+,21-,25+,26-,27+/m0/s1. The fourth-order valence-corrected chi connectivity index (χ4v) is 7.96. The number of carbonyl (C=O) groups excluding carboxylic acids is 2. The molecule has 2 saturated carbocycles. The monoisotopic (exact) mass is 525 g/mol. The molecule has 11 atom stereocenters. The van der Waals surface area contributed by atoms with E-state index in [2.05, 4.69) is 5.32 Å². The fraction of sp³-hybridized carbons (Fsp3) is 0.852. The lowest BCUT2D eigenvalue weighted by Gasteiger charge is -2.67. The number of Topliss-reactive ketones (excluding diaryl/α,β-unsaturated/α-hetero) is 1. The normalized spacial score (nSPS) is 46.5. The van der Waals surface area contributed by atoms with Crippen LogP contribution < -0.4 is 5.32 Å². The Hall–Kier alpha value is -1.40. The highest BCUT2D eigenvalue weighted by Crippen LogP contribution is 2.64. The first-order chi connectivity index (χ1) is 17.0. The highest BCUT2D eigenvalue weighted by Gasteiger charge is 2.74. The molecule has 0 aromatic carbocycles. The van der Waals surface area contributed by atoms with E-state index in [4.69, 9.17) is 9.47 Å². The smallest absolute Gasteiger partial charge is 0.337 e. The molecular weight excluding hydrogens is 482 g/mol. The van der Waals surface area contributed by atoms with Crippen LogP contribution in [0.15, 0.2) is 11.1 Å². The van der Waals surface area contributed by atoms with E-state index in [1.807, 2.05) is 6.92 Å². The third-order valence-corrected chi connectivity index (χ3v) is 10.4. The number of aliphatic hydroxyl groups excluding tert-OH is 3. The van der Waals surface area contributed by atoms with E-state index in [0.29, 0.717) is 12.1 Å². The topological polar surface area (TPSA) is 166 Å². The van der Waals surface area contributed by atoms with E-state index in [-0.39, 0.29) is 25.0 Å². The molecule has 4 aliphatic rings. The zero-order chi connectivity index (χ0) is 27.9. The van der Waals surface area contributed by atoms with Crippen LogP contribution in [0, 0.1) is 22.7 Å². The number of rotatable bonds is 5. The SMILES string of the molecule is CCN[C@@H](C)[C@@H](O)C(=O)O[C@H]1C[C@@]2(O)[C@@H](C)[C@@H]3[C@]4(O)CO[C@@H]4C[C@H](O)[C@@]3(C)C(=O)[C@H](O)C(=C1C)C2(C)C. The summed E-state index contributed by atoms with van der Waals surface area (Å²) in [7, 11) is 0. The van der Waals surface area contributed by atoms with Crippen molar-refractivity contribution in [1.29, 1.82) is 0 Å². The number of ether oxygens (including phenoxy) is 2. The minimum absolute atomic E-state index is 0.0383. The fourth-order valence-electron chi connectivity index (χ4n) is 7.96. The molecule has 1 heterocycles. The van der Waals surface area contributed by atoms with Gasteiger partial charge in [-0.1, -0.05) is 27.7 Å². The summed E-state index contributed by atoms with van der Waals surface area (Å²) in [6.07, 6.45) is -6.11. The van der Waals surface area contributed by atoms with Crippen LogP contribution in [0.4, 0.5) is 0 Å². The molecule has 2 bridgehead atoms. The van der Waals surface area contributed by atoms with Gasteiger partial charge >= 0.3 is 5.97 Å². The predicted molar refractivity (Wildman–Crippen MR) is 132 cm³/mol. The largest absolute Gasteiger partial charge is 0.456 e. The molecule has 0 radical (unpaired) electrons. The molecular formula is C27H43NO9. The summed E-state index contributed by atoms with van der Waals surface area (Å²) < 4.78 is 11.3. The second-order valence-electron chi connectivity index (χ2n) is 12.4. The second kappa shape index (κ2) is 9.08. The van der Waals surface area contributed by atoms with Crippen molar-refractivity contribution in [3.05, 3.63) is 11.1 Å². The highest BCUT2D eigenvalue weighted by molar-refractivity contribution is 5.93. The maximum atomic E-state index is 14.0. The van der Waals surface area contributed by atoms with Crippen LogP contribution in [0.2, 0.25) is 0 Å². The molecule has 3 aliphatic carbocycles. The summed E-state index contributed by atoms with van der Waals surface area (Å²) >= 11 is 0. The van der Waals surface area contributed by atoms with E-state index < -0.39 is 82.2 Å². The lowest BCUT2D eigenvalue weighted by molar-refractivity contribution is -0.335. The van der Waals surface area contributed by atoms with Gasteiger partial charge in [-0.05, 0) is 44.4 Å². The van der Waals surface area contributed by atoms with Crippen LogP contribution >= 0.6 is 0 Å². The summed E-state index contributed by atoms with van der Waals surface area (Å²) in [5, 5.41) is 60.4. The molecule has 37 heavy (non-hydrogen) atoms.